The monoisotopic (exact) mass is 254 g/mol. The first-order valence-electron chi connectivity index (χ1n) is 6.61. The number of carbonyl (C=O) groups excluding carboxylic acids is 1. The van der Waals surface area contributed by atoms with E-state index in [1.165, 1.54) is 0 Å². The molecule has 1 heterocycles. The molecule has 0 atom stereocenters. The zero-order valence-electron chi connectivity index (χ0n) is 11.2. The number of aliphatic carboxylic acids is 1. The first-order chi connectivity index (χ1) is 8.35. The van der Waals surface area contributed by atoms with E-state index in [1.807, 2.05) is 0 Å². The lowest BCUT2D eigenvalue weighted by molar-refractivity contribution is -0.143. The van der Waals surface area contributed by atoms with E-state index in [4.69, 9.17) is 5.11 Å². The van der Waals surface area contributed by atoms with E-state index in [0.717, 1.165) is 25.9 Å². The summed E-state index contributed by atoms with van der Waals surface area (Å²) in [7, 11) is 0. The third-order valence-electron chi connectivity index (χ3n) is 4.29. The molecule has 1 saturated carbocycles. The Hall–Kier alpha value is -1.26. The summed E-state index contributed by atoms with van der Waals surface area (Å²) < 4.78 is 0. The zero-order valence-corrected chi connectivity index (χ0v) is 11.2. The van der Waals surface area contributed by atoms with E-state index in [1.54, 1.807) is 4.90 Å². The lowest BCUT2D eigenvalue weighted by Crippen LogP contribution is -2.48. The van der Waals surface area contributed by atoms with E-state index < -0.39 is 11.4 Å². The summed E-state index contributed by atoms with van der Waals surface area (Å²) in [6, 6.07) is -0.113. The highest BCUT2D eigenvalue weighted by atomic mass is 16.4. The molecule has 0 aromatic carbocycles. The number of urea groups is 1. The molecule has 1 saturated heterocycles. The Morgan fingerprint density at radius 2 is 1.72 bits per heavy atom. The molecule has 5 heteroatoms. The molecule has 2 aliphatic rings. The summed E-state index contributed by atoms with van der Waals surface area (Å²) in [5.41, 5.74) is -0.361. The van der Waals surface area contributed by atoms with E-state index in [9.17, 15) is 9.59 Å². The minimum absolute atomic E-state index is 0.113. The molecule has 0 spiro atoms. The van der Waals surface area contributed by atoms with Gasteiger partial charge in [0, 0.05) is 19.6 Å². The van der Waals surface area contributed by atoms with Gasteiger partial charge in [0.2, 0.25) is 0 Å². The average molecular weight is 254 g/mol. The number of carboxylic acid groups (broad SMARTS) is 1. The van der Waals surface area contributed by atoms with Crippen molar-refractivity contribution in [2.24, 2.45) is 10.8 Å². The number of likely N-dealkylation sites (tertiary alicyclic amines) is 1. The first-order valence-corrected chi connectivity index (χ1v) is 6.61. The number of amides is 2. The summed E-state index contributed by atoms with van der Waals surface area (Å²) in [4.78, 5) is 24.7. The van der Waals surface area contributed by atoms with Crippen molar-refractivity contribution in [1.29, 1.82) is 0 Å². The van der Waals surface area contributed by atoms with Crippen molar-refractivity contribution in [3.05, 3.63) is 0 Å². The average Bonchev–Trinajstić information content (AvgIpc) is 3.07. The number of carboxylic acids is 1. The standard InChI is InChI=1S/C13H22N2O3/c1-12(2)5-7-15(8-6-12)11(18)14-9-13(3-4-13)10(16)17/h3-9H2,1-2H3,(H,14,18)(H,16,17). The topological polar surface area (TPSA) is 69.6 Å². The van der Waals surface area contributed by atoms with Crippen LogP contribution in [0.15, 0.2) is 0 Å². The fraction of sp³-hybridized carbons (Fsp3) is 0.846. The van der Waals surface area contributed by atoms with E-state index in [2.05, 4.69) is 19.2 Å². The number of carbonyl (C=O) groups is 2. The molecule has 1 aliphatic carbocycles. The van der Waals surface area contributed by atoms with Crippen LogP contribution in [0.2, 0.25) is 0 Å². The second-order valence-corrected chi connectivity index (χ2v) is 6.40. The van der Waals surface area contributed by atoms with Gasteiger partial charge in [0.15, 0.2) is 0 Å². The maximum Gasteiger partial charge on any atom is 0.317 e. The first kappa shape index (κ1) is 13.2. The Morgan fingerprint density at radius 3 is 2.17 bits per heavy atom. The van der Waals surface area contributed by atoms with Gasteiger partial charge in [-0.3, -0.25) is 4.79 Å². The molecule has 0 radical (unpaired) electrons. The third kappa shape index (κ3) is 2.76. The summed E-state index contributed by atoms with van der Waals surface area (Å²) in [5, 5.41) is 11.8. The van der Waals surface area contributed by atoms with Crippen LogP contribution in [0.1, 0.15) is 39.5 Å². The molecule has 5 nitrogen and oxygen atoms in total. The van der Waals surface area contributed by atoms with Crippen LogP contribution >= 0.6 is 0 Å². The van der Waals surface area contributed by atoms with Gasteiger partial charge in [-0.1, -0.05) is 13.8 Å². The molecule has 102 valence electrons. The summed E-state index contributed by atoms with van der Waals surface area (Å²) in [5.74, 6) is -0.789. The van der Waals surface area contributed by atoms with Crippen LogP contribution in [-0.2, 0) is 4.79 Å². The number of nitrogens with one attached hydrogen (secondary N) is 1. The van der Waals surface area contributed by atoms with Crippen LogP contribution in [0.3, 0.4) is 0 Å². The van der Waals surface area contributed by atoms with Crippen molar-refractivity contribution in [2.45, 2.75) is 39.5 Å². The van der Waals surface area contributed by atoms with Gasteiger partial charge in [-0.05, 0) is 31.1 Å². The van der Waals surface area contributed by atoms with Gasteiger partial charge < -0.3 is 15.3 Å². The highest BCUT2D eigenvalue weighted by Gasteiger charge is 2.50. The largest absolute Gasteiger partial charge is 0.481 e. The van der Waals surface area contributed by atoms with Crippen LogP contribution < -0.4 is 5.32 Å². The van der Waals surface area contributed by atoms with Crippen LogP contribution in [-0.4, -0.2) is 41.6 Å². The second-order valence-electron chi connectivity index (χ2n) is 6.40. The summed E-state index contributed by atoms with van der Waals surface area (Å²) >= 11 is 0. The summed E-state index contributed by atoms with van der Waals surface area (Å²) in [6.45, 7) is 6.22. The zero-order chi connectivity index (χ0) is 13.4. The molecular weight excluding hydrogens is 232 g/mol. The van der Waals surface area contributed by atoms with E-state index >= 15 is 0 Å². The van der Waals surface area contributed by atoms with Gasteiger partial charge in [-0.25, -0.2) is 4.79 Å². The molecule has 0 bridgehead atoms. The van der Waals surface area contributed by atoms with Crippen molar-refractivity contribution in [3.63, 3.8) is 0 Å². The molecule has 2 rings (SSSR count). The smallest absolute Gasteiger partial charge is 0.317 e. The van der Waals surface area contributed by atoms with Crippen LogP contribution in [0.25, 0.3) is 0 Å². The van der Waals surface area contributed by atoms with Gasteiger partial charge in [0.05, 0.1) is 5.41 Å². The van der Waals surface area contributed by atoms with E-state index in [-0.39, 0.29) is 12.6 Å². The van der Waals surface area contributed by atoms with Crippen molar-refractivity contribution >= 4 is 12.0 Å². The lowest BCUT2D eigenvalue weighted by atomic mass is 9.83. The van der Waals surface area contributed by atoms with Gasteiger partial charge in [-0.2, -0.15) is 0 Å². The second kappa shape index (κ2) is 4.44. The Labute approximate surface area is 108 Å². The van der Waals surface area contributed by atoms with E-state index in [0.29, 0.717) is 18.3 Å². The minimum Gasteiger partial charge on any atom is -0.481 e. The quantitative estimate of drug-likeness (QED) is 0.805. The Bertz CT molecular complexity index is 351. The molecule has 0 aromatic rings. The molecule has 2 N–H and O–H groups in total. The van der Waals surface area contributed by atoms with Crippen molar-refractivity contribution in [2.75, 3.05) is 19.6 Å². The predicted molar refractivity (Wildman–Crippen MR) is 67.3 cm³/mol. The van der Waals surface area contributed by atoms with Gasteiger partial charge in [0.1, 0.15) is 0 Å². The van der Waals surface area contributed by atoms with Gasteiger partial charge >= 0.3 is 12.0 Å². The maximum atomic E-state index is 11.9. The molecular formula is C13H22N2O3. The number of hydrogen-bond donors (Lipinski definition) is 2. The maximum absolute atomic E-state index is 11.9. The number of nitrogens with zero attached hydrogens (tertiary/aromatic N) is 1. The SMILES string of the molecule is CC1(C)CCN(C(=O)NCC2(C(=O)O)CC2)CC1. The van der Waals surface area contributed by atoms with Gasteiger partial charge in [-0.15, -0.1) is 0 Å². The van der Waals surface area contributed by atoms with Crippen molar-refractivity contribution in [1.82, 2.24) is 10.2 Å². The van der Waals surface area contributed by atoms with Crippen molar-refractivity contribution < 1.29 is 14.7 Å². The number of hydrogen-bond acceptors (Lipinski definition) is 2. The summed E-state index contributed by atoms with van der Waals surface area (Å²) in [6.07, 6.45) is 3.36. The molecule has 0 aromatic heterocycles. The Kier molecular flexibility index (Phi) is 3.25. The fourth-order valence-corrected chi connectivity index (χ4v) is 2.29. The van der Waals surface area contributed by atoms with Crippen molar-refractivity contribution in [3.8, 4) is 0 Å². The van der Waals surface area contributed by atoms with Crippen LogP contribution in [0.4, 0.5) is 4.79 Å². The number of rotatable bonds is 3. The highest BCUT2D eigenvalue weighted by Crippen LogP contribution is 2.45. The van der Waals surface area contributed by atoms with Crippen LogP contribution in [0.5, 0.6) is 0 Å². The third-order valence-corrected chi connectivity index (χ3v) is 4.29. The highest BCUT2D eigenvalue weighted by molar-refractivity contribution is 5.80. The Balaban J connectivity index is 1.78. The molecule has 18 heavy (non-hydrogen) atoms. The Morgan fingerprint density at radius 1 is 1.17 bits per heavy atom. The lowest BCUT2D eigenvalue weighted by Gasteiger charge is -2.37. The normalized spacial score (nSPS) is 24.4. The molecule has 0 unspecified atom stereocenters. The predicted octanol–water partition coefficient (Wildman–Crippen LogP) is 1.68. The minimum atomic E-state index is -0.789. The fourth-order valence-electron chi connectivity index (χ4n) is 2.29. The molecule has 2 fully saturated rings. The number of piperidine rings is 1. The molecule has 1 aliphatic heterocycles. The van der Waals surface area contributed by atoms with Gasteiger partial charge in [0.25, 0.3) is 0 Å². The molecule has 2 amide bonds. The van der Waals surface area contributed by atoms with Crippen LogP contribution in [0, 0.1) is 10.8 Å².